The van der Waals surface area contributed by atoms with Gasteiger partial charge in [-0.05, 0) is 92.1 Å². The lowest BCUT2D eigenvalue weighted by Crippen LogP contribution is -2.30. The van der Waals surface area contributed by atoms with E-state index in [4.69, 9.17) is 4.74 Å². The van der Waals surface area contributed by atoms with Crippen molar-refractivity contribution in [2.24, 2.45) is 5.92 Å². The fourth-order valence-corrected chi connectivity index (χ4v) is 8.57. The van der Waals surface area contributed by atoms with Gasteiger partial charge in [-0.15, -0.1) is 23.1 Å². The van der Waals surface area contributed by atoms with Gasteiger partial charge in [0.1, 0.15) is 15.9 Å². The molecule has 0 saturated heterocycles. The molecule has 1 aliphatic carbocycles. The van der Waals surface area contributed by atoms with Crippen molar-refractivity contribution in [2.75, 3.05) is 17.2 Å². The average Bonchev–Trinajstić information content (AvgIpc) is 3.52. The first-order valence-corrected chi connectivity index (χ1v) is 19.3. The number of anilines is 2. The molecule has 53 heavy (non-hydrogen) atoms. The Morgan fingerprint density at radius 3 is 2.34 bits per heavy atom. The van der Waals surface area contributed by atoms with Crippen LogP contribution in [0.3, 0.4) is 0 Å². The maximum atomic E-state index is 14.2. The number of carbonyl (C=O) groups excluding carboxylic acids is 4. The molecule has 6 rings (SSSR count). The topological polar surface area (TPSA) is 114 Å². The van der Waals surface area contributed by atoms with Crippen LogP contribution in [0.15, 0.2) is 120 Å². The lowest BCUT2D eigenvalue weighted by molar-refractivity contribution is -0.116. The Kier molecular flexibility index (Phi) is 12.2. The minimum Gasteiger partial charge on any atom is -0.462 e. The van der Waals surface area contributed by atoms with Crippen LogP contribution in [-0.4, -0.2) is 30.3 Å². The van der Waals surface area contributed by atoms with Crippen molar-refractivity contribution in [1.82, 2.24) is 5.32 Å². The number of aryl methyl sites for hydroxylation is 1. The minimum atomic E-state index is -0.683. The minimum absolute atomic E-state index is 0.0766. The first kappa shape index (κ1) is 37.3. The highest BCUT2D eigenvalue weighted by Crippen LogP contribution is 2.42. The van der Waals surface area contributed by atoms with Crippen LogP contribution < -0.4 is 16.0 Å². The number of carbonyl (C=O) groups is 4. The van der Waals surface area contributed by atoms with Crippen LogP contribution in [0.2, 0.25) is 0 Å². The van der Waals surface area contributed by atoms with Gasteiger partial charge in [-0.3, -0.25) is 14.4 Å². The second-order valence-corrected chi connectivity index (χ2v) is 15.2. The summed E-state index contributed by atoms with van der Waals surface area (Å²) in [5, 5.41) is 8.65. The average molecular weight is 744 g/mol. The standard InChI is InChI=1S/C43H41N3O5S2/c1-4-51-43(50)37-34-23-20-28(3)24-36(34)53-42(37)46-41(49)38(30-12-7-5-8-13-30)52-33-17-11-16-32(26-33)44-40(48)35(25-29-21-18-27(2)19-22-29)45-39(47)31-14-9-6-10-15-31/h5-19,21-22,25-26,28,38H,4,20,23-24H2,1-3H3,(H,44,48)(H,45,47)(H,46,49)/b35-25-. The van der Waals surface area contributed by atoms with Gasteiger partial charge in [0.25, 0.3) is 11.8 Å². The van der Waals surface area contributed by atoms with E-state index in [0.29, 0.717) is 27.7 Å². The Labute approximate surface area is 318 Å². The Morgan fingerprint density at radius 1 is 0.906 bits per heavy atom. The van der Waals surface area contributed by atoms with E-state index in [-0.39, 0.29) is 18.2 Å². The number of benzene rings is 4. The summed E-state index contributed by atoms with van der Waals surface area (Å²) in [5.41, 5.74) is 5.03. The van der Waals surface area contributed by atoms with Gasteiger partial charge < -0.3 is 20.7 Å². The van der Waals surface area contributed by atoms with Crippen LogP contribution in [0.4, 0.5) is 10.7 Å². The van der Waals surface area contributed by atoms with E-state index in [2.05, 4.69) is 22.9 Å². The third-order valence-corrected chi connectivity index (χ3v) is 11.2. The molecule has 0 radical (unpaired) electrons. The number of fused-ring (bicyclic) bond motifs is 1. The molecule has 8 nitrogen and oxygen atoms in total. The molecule has 2 unspecified atom stereocenters. The van der Waals surface area contributed by atoms with Crippen LogP contribution in [0.1, 0.15) is 73.4 Å². The molecule has 0 aliphatic heterocycles. The van der Waals surface area contributed by atoms with E-state index >= 15 is 0 Å². The Balaban J connectivity index is 1.25. The van der Waals surface area contributed by atoms with Crippen LogP contribution in [0, 0.1) is 12.8 Å². The molecular formula is C43H41N3O5S2. The predicted molar refractivity (Wildman–Crippen MR) is 213 cm³/mol. The zero-order valence-corrected chi connectivity index (χ0v) is 31.4. The molecule has 270 valence electrons. The summed E-state index contributed by atoms with van der Waals surface area (Å²) in [7, 11) is 0. The summed E-state index contributed by atoms with van der Waals surface area (Å²) in [6.07, 6.45) is 4.24. The molecule has 1 heterocycles. The van der Waals surface area contributed by atoms with E-state index in [1.54, 1.807) is 55.5 Å². The molecule has 5 aromatic rings. The van der Waals surface area contributed by atoms with Crippen LogP contribution in [0.5, 0.6) is 0 Å². The quantitative estimate of drug-likeness (QED) is 0.0667. The first-order chi connectivity index (χ1) is 25.7. The zero-order chi connectivity index (χ0) is 37.3. The van der Waals surface area contributed by atoms with E-state index in [9.17, 15) is 19.2 Å². The predicted octanol–water partition coefficient (Wildman–Crippen LogP) is 9.24. The first-order valence-electron chi connectivity index (χ1n) is 17.6. The highest BCUT2D eigenvalue weighted by Gasteiger charge is 2.31. The zero-order valence-electron chi connectivity index (χ0n) is 29.8. The van der Waals surface area contributed by atoms with Gasteiger partial charge in [0.05, 0.1) is 12.2 Å². The number of ether oxygens (including phenoxy) is 1. The summed E-state index contributed by atoms with van der Waals surface area (Å²) in [5.74, 6) is -1.11. The number of hydrogen-bond acceptors (Lipinski definition) is 7. The van der Waals surface area contributed by atoms with Gasteiger partial charge in [0.15, 0.2) is 0 Å². The third-order valence-electron chi connectivity index (χ3n) is 8.83. The summed E-state index contributed by atoms with van der Waals surface area (Å²) in [4.78, 5) is 56.1. The number of nitrogens with one attached hydrogen (secondary N) is 3. The smallest absolute Gasteiger partial charge is 0.341 e. The van der Waals surface area contributed by atoms with Crippen molar-refractivity contribution in [3.8, 4) is 0 Å². The molecule has 0 fully saturated rings. The highest BCUT2D eigenvalue weighted by molar-refractivity contribution is 8.00. The fraction of sp³-hybridized carbons (Fsp3) is 0.209. The molecule has 1 aliphatic rings. The summed E-state index contributed by atoms with van der Waals surface area (Å²) in [6.45, 7) is 6.19. The largest absolute Gasteiger partial charge is 0.462 e. The van der Waals surface area contributed by atoms with Crippen molar-refractivity contribution in [3.63, 3.8) is 0 Å². The van der Waals surface area contributed by atoms with Crippen LogP contribution >= 0.6 is 23.1 Å². The SMILES string of the molecule is CCOC(=O)c1c(NC(=O)C(Sc2cccc(NC(=O)/C(=C/c3ccc(C)cc3)NC(=O)c3ccccc3)c2)c2ccccc2)sc2c1CCC(C)C2. The molecule has 3 amide bonds. The molecule has 0 bridgehead atoms. The number of hydrogen-bond donors (Lipinski definition) is 3. The fourth-order valence-electron chi connectivity index (χ4n) is 6.09. The van der Waals surface area contributed by atoms with Crippen molar-refractivity contribution in [3.05, 3.63) is 153 Å². The van der Waals surface area contributed by atoms with Gasteiger partial charge >= 0.3 is 5.97 Å². The van der Waals surface area contributed by atoms with Gasteiger partial charge in [0.2, 0.25) is 5.91 Å². The molecule has 4 aromatic carbocycles. The maximum absolute atomic E-state index is 14.2. The Hall–Kier alpha value is -5.45. The normalized spacial score (nSPS) is 14.4. The molecule has 2 atom stereocenters. The second kappa shape index (κ2) is 17.4. The van der Waals surface area contributed by atoms with Crippen molar-refractivity contribution < 1.29 is 23.9 Å². The van der Waals surface area contributed by atoms with Crippen LogP contribution in [0.25, 0.3) is 6.08 Å². The van der Waals surface area contributed by atoms with Gasteiger partial charge in [-0.25, -0.2) is 4.79 Å². The highest BCUT2D eigenvalue weighted by atomic mass is 32.2. The molecular weight excluding hydrogens is 703 g/mol. The number of thiophene rings is 1. The van der Waals surface area contributed by atoms with Gasteiger partial charge in [0, 0.05) is 21.0 Å². The number of esters is 1. The summed E-state index contributed by atoms with van der Waals surface area (Å²) in [6, 6.07) is 33.0. The molecule has 0 saturated carbocycles. The van der Waals surface area contributed by atoms with Gasteiger partial charge in [-0.1, -0.05) is 91.3 Å². The molecule has 0 spiro atoms. The van der Waals surface area contributed by atoms with Crippen molar-refractivity contribution >= 4 is 63.6 Å². The number of thioether (sulfide) groups is 1. The van der Waals surface area contributed by atoms with Crippen molar-refractivity contribution in [1.29, 1.82) is 0 Å². The number of amides is 3. The Morgan fingerprint density at radius 2 is 1.62 bits per heavy atom. The third kappa shape index (κ3) is 9.51. The lowest BCUT2D eigenvalue weighted by Gasteiger charge is -2.19. The van der Waals surface area contributed by atoms with E-state index in [1.807, 2.05) is 73.7 Å². The van der Waals surface area contributed by atoms with E-state index in [0.717, 1.165) is 51.3 Å². The van der Waals surface area contributed by atoms with Crippen molar-refractivity contribution in [2.45, 2.75) is 50.2 Å². The maximum Gasteiger partial charge on any atom is 0.341 e. The van der Waals surface area contributed by atoms with E-state index in [1.165, 1.54) is 23.1 Å². The monoisotopic (exact) mass is 743 g/mol. The molecule has 3 N–H and O–H groups in total. The van der Waals surface area contributed by atoms with E-state index < -0.39 is 23.0 Å². The molecule has 1 aromatic heterocycles. The van der Waals surface area contributed by atoms with Crippen LogP contribution in [-0.2, 0) is 27.2 Å². The number of rotatable bonds is 12. The van der Waals surface area contributed by atoms with Gasteiger partial charge in [-0.2, -0.15) is 0 Å². The second-order valence-electron chi connectivity index (χ2n) is 12.9. The summed E-state index contributed by atoms with van der Waals surface area (Å²) < 4.78 is 5.43. The summed E-state index contributed by atoms with van der Waals surface area (Å²) >= 11 is 2.79. The molecule has 10 heteroatoms. The lowest BCUT2D eigenvalue weighted by atomic mass is 9.88. The Bertz CT molecular complexity index is 2130.